The first-order valence-corrected chi connectivity index (χ1v) is 9.16. The average Bonchev–Trinajstić information content (AvgIpc) is 2.57. The molecular formula is C18H23Cl2NO3. The molecule has 1 aliphatic carbocycles. The maximum Gasteiger partial charge on any atom is 0.306 e. The molecule has 132 valence electrons. The Hall–Kier alpha value is -1.26. The maximum absolute atomic E-state index is 12.1. The van der Waals surface area contributed by atoms with E-state index in [1.165, 1.54) is 32.1 Å². The molecular weight excluding hydrogens is 349 g/mol. The zero-order valence-corrected chi connectivity index (χ0v) is 15.3. The van der Waals surface area contributed by atoms with E-state index in [1.54, 1.807) is 25.1 Å². The van der Waals surface area contributed by atoms with E-state index in [-0.39, 0.29) is 5.97 Å². The van der Waals surface area contributed by atoms with Gasteiger partial charge in [0.2, 0.25) is 0 Å². The fraction of sp³-hybridized carbons (Fsp3) is 0.556. The Kier molecular flexibility index (Phi) is 7.38. The van der Waals surface area contributed by atoms with Crippen LogP contribution in [0.3, 0.4) is 0 Å². The van der Waals surface area contributed by atoms with Gasteiger partial charge in [-0.3, -0.25) is 9.59 Å². The molecule has 1 aliphatic rings. The molecule has 2 rings (SSSR count). The highest BCUT2D eigenvalue weighted by Crippen LogP contribution is 2.28. The Labute approximate surface area is 152 Å². The molecule has 0 heterocycles. The second kappa shape index (κ2) is 9.28. The predicted molar refractivity (Wildman–Crippen MR) is 96.5 cm³/mol. The first-order valence-electron chi connectivity index (χ1n) is 8.41. The summed E-state index contributed by atoms with van der Waals surface area (Å²) in [6.45, 7) is 1.55. The summed E-state index contributed by atoms with van der Waals surface area (Å²) in [5.74, 6) is -0.147. The van der Waals surface area contributed by atoms with Gasteiger partial charge < -0.3 is 10.1 Å². The van der Waals surface area contributed by atoms with Crippen LogP contribution in [0.1, 0.15) is 51.9 Å². The van der Waals surface area contributed by atoms with Crippen molar-refractivity contribution < 1.29 is 14.3 Å². The number of amides is 1. The fourth-order valence-corrected chi connectivity index (χ4v) is 3.27. The van der Waals surface area contributed by atoms with Gasteiger partial charge >= 0.3 is 5.97 Å². The van der Waals surface area contributed by atoms with Crippen LogP contribution in [0.25, 0.3) is 0 Å². The smallest absolute Gasteiger partial charge is 0.306 e. The van der Waals surface area contributed by atoms with Crippen LogP contribution in [0.15, 0.2) is 18.2 Å². The average molecular weight is 372 g/mol. The van der Waals surface area contributed by atoms with Crippen LogP contribution in [0, 0.1) is 5.92 Å². The van der Waals surface area contributed by atoms with E-state index in [9.17, 15) is 9.59 Å². The van der Waals surface area contributed by atoms with Crippen LogP contribution in [-0.4, -0.2) is 18.0 Å². The molecule has 0 aliphatic heterocycles. The number of nitrogens with one attached hydrogen (secondary N) is 1. The van der Waals surface area contributed by atoms with E-state index in [2.05, 4.69) is 5.32 Å². The Morgan fingerprint density at radius 1 is 1.25 bits per heavy atom. The lowest BCUT2D eigenvalue weighted by atomic mass is 9.86. The van der Waals surface area contributed by atoms with E-state index < -0.39 is 12.0 Å². The van der Waals surface area contributed by atoms with Gasteiger partial charge in [-0.2, -0.15) is 0 Å². The van der Waals surface area contributed by atoms with Crippen molar-refractivity contribution in [3.63, 3.8) is 0 Å². The fourth-order valence-electron chi connectivity index (χ4n) is 2.94. The van der Waals surface area contributed by atoms with Crippen molar-refractivity contribution in [1.29, 1.82) is 0 Å². The van der Waals surface area contributed by atoms with Gasteiger partial charge in [0.25, 0.3) is 5.91 Å². The van der Waals surface area contributed by atoms with Gasteiger partial charge in [0.15, 0.2) is 6.10 Å². The normalized spacial score (nSPS) is 16.5. The number of halogens is 2. The van der Waals surface area contributed by atoms with Crippen molar-refractivity contribution in [2.24, 2.45) is 5.92 Å². The molecule has 1 amide bonds. The first-order chi connectivity index (χ1) is 11.5. The van der Waals surface area contributed by atoms with Crippen molar-refractivity contribution in [3.05, 3.63) is 28.2 Å². The largest absolute Gasteiger partial charge is 0.453 e. The van der Waals surface area contributed by atoms with Gasteiger partial charge in [-0.1, -0.05) is 55.3 Å². The standard InChI is InChI=1S/C18H23Cl2NO3/c1-12(18(23)21-16-11-14(19)8-9-15(16)20)24-17(22)10-7-13-5-3-2-4-6-13/h8-9,11-13H,2-7,10H2,1H3,(H,21,23). The Bertz CT molecular complexity index is 586. The number of hydrogen-bond donors (Lipinski definition) is 1. The minimum Gasteiger partial charge on any atom is -0.453 e. The summed E-state index contributed by atoms with van der Waals surface area (Å²) >= 11 is 11.9. The van der Waals surface area contributed by atoms with Crippen LogP contribution in [0.5, 0.6) is 0 Å². The third kappa shape index (κ3) is 5.99. The van der Waals surface area contributed by atoms with Crippen molar-refractivity contribution in [1.82, 2.24) is 0 Å². The van der Waals surface area contributed by atoms with Crippen molar-refractivity contribution in [3.8, 4) is 0 Å². The maximum atomic E-state index is 12.1. The SMILES string of the molecule is CC(OC(=O)CCC1CCCCC1)C(=O)Nc1cc(Cl)ccc1Cl. The molecule has 0 saturated heterocycles. The van der Waals surface area contributed by atoms with Crippen LogP contribution in [0.4, 0.5) is 5.69 Å². The van der Waals surface area contributed by atoms with Gasteiger partial charge in [0.1, 0.15) is 0 Å². The zero-order valence-electron chi connectivity index (χ0n) is 13.8. The zero-order chi connectivity index (χ0) is 17.5. The number of carbonyl (C=O) groups excluding carboxylic acids is 2. The summed E-state index contributed by atoms with van der Waals surface area (Å²) in [5.41, 5.74) is 0.402. The van der Waals surface area contributed by atoms with Crippen LogP contribution in [0.2, 0.25) is 10.0 Å². The van der Waals surface area contributed by atoms with Crippen LogP contribution >= 0.6 is 23.2 Å². The number of rotatable bonds is 6. The highest BCUT2D eigenvalue weighted by Gasteiger charge is 2.20. The second-order valence-electron chi connectivity index (χ2n) is 6.29. The first kappa shape index (κ1) is 19.1. The van der Waals surface area contributed by atoms with Gasteiger partial charge in [0.05, 0.1) is 10.7 Å². The molecule has 0 bridgehead atoms. The van der Waals surface area contributed by atoms with Crippen LogP contribution < -0.4 is 5.32 Å². The lowest BCUT2D eigenvalue weighted by Crippen LogP contribution is -2.30. The molecule has 0 aromatic heterocycles. The number of esters is 1. The van der Waals surface area contributed by atoms with Crippen molar-refractivity contribution in [2.75, 3.05) is 5.32 Å². The molecule has 1 saturated carbocycles. The van der Waals surface area contributed by atoms with Gasteiger partial charge in [-0.25, -0.2) is 0 Å². The highest BCUT2D eigenvalue weighted by molar-refractivity contribution is 6.35. The lowest BCUT2D eigenvalue weighted by Gasteiger charge is -2.21. The summed E-state index contributed by atoms with van der Waals surface area (Å²) in [5, 5.41) is 3.47. The number of benzene rings is 1. The second-order valence-corrected chi connectivity index (χ2v) is 7.13. The molecule has 1 atom stereocenters. The predicted octanol–water partition coefficient (Wildman–Crippen LogP) is 5.22. The molecule has 6 heteroatoms. The molecule has 0 radical (unpaired) electrons. The molecule has 0 spiro atoms. The van der Waals surface area contributed by atoms with E-state index in [0.29, 0.717) is 28.1 Å². The highest BCUT2D eigenvalue weighted by atomic mass is 35.5. The summed E-state index contributed by atoms with van der Waals surface area (Å²) in [4.78, 5) is 24.1. The molecule has 24 heavy (non-hydrogen) atoms. The molecule has 1 fully saturated rings. The summed E-state index contributed by atoms with van der Waals surface area (Å²) in [6, 6.07) is 4.79. The topological polar surface area (TPSA) is 55.4 Å². The quantitative estimate of drug-likeness (QED) is 0.696. The van der Waals surface area contributed by atoms with E-state index in [4.69, 9.17) is 27.9 Å². The number of ether oxygens (including phenoxy) is 1. The Morgan fingerprint density at radius 2 is 1.96 bits per heavy atom. The Morgan fingerprint density at radius 3 is 2.67 bits per heavy atom. The monoisotopic (exact) mass is 371 g/mol. The summed E-state index contributed by atoms with van der Waals surface area (Å²) in [6.07, 6.45) is 6.50. The van der Waals surface area contributed by atoms with E-state index >= 15 is 0 Å². The minimum absolute atomic E-state index is 0.333. The van der Waals surface area contributed by atoms with Crippen molar-refractivity contribution >= 4 is 40.8 Å². The molecule has 1 aromatic carbocycles. The summed E-state index contributed by atoms with van der Waals surface area (Å²) < 4.78 is 5.22. The third-order valence-corrected chi connectivity index (χ3v) is 4.91. The van der Waals surface area contributed by atoms with Gasteiger partial charge in [0, 0.05) is 11.4 Å². The van der Waals surface area contributed by atoms with Crippen LogP contribution in [-0.2, 0) is 14.3 Å². The number of carbonyl (C=O) groups is 2. The lowest BCUT2D eigenvalue weighted by molar-refractivity contribution is -0.153. The van der Waals surface area contributed by atoms with Gasteiger partial charge in [-0.05, 0) is 37.5 Å². The van der Waals surface area contributed by atoms with E-state index in [1.807, 2.05) is 0 Å². The number of hydrogen-bond acceptors (Lipinski definition) is 3. The molecule has 1 aromatic rings. The number of anilines is 1. The minimum atomic E-state index is -0.876. The molecule has 1 unspecified atom stereocenters. The molecule has 1 N–H and O–H groups in total. The van der Waals surface area contributed by atoms with Crippen molar-refractivity contribution in [2.45, 2.75) is 58.0 Å². The van der Waals surface area contributed by atoms with E-state index in [0.717, 1.165) is 6.42 Å². The van der Waals surface area contributed by atoms with Gasteiger partial charge in [-0.15, -0.1) is 0 Å². The summed E-state index contributed by atoms with van der Waals surface area (Å²) in [7, 11) is 0. The Balaban J connectivity index is 1.77. The molecule has 4 nitrogen and oxygen atoms in total. The third-order valence-electron chi connectivity index (χ3n) is 4.35.